The van der Waals surface area contributed by atoms with Gasteiger partial charge in [-0.25, -0.2) is 9.78 Å². The summed E-state index contributed by atoms with van der Waals surface area (Å²) in [6.45, 7) is 7.26. The summed E-state index contributed by atoms with van der Waals surface area (Å²) in [5.41, 5.74) is 3.50. The second-order valence-electron chi connectivity index (χ2n) is 7.73. The Balaban J connectivity index is 2.15. The molecule has 2 amide bonds. The summed E-state index contributed by atoms with van der Waals surface area (Å²) >= 11 is 0. The minimum atomic E-state index is -0.954. The molecule has 2 N–H and O–H groups in total. The predicted octanol–water partition coefficient (Wildman–Crippen LogP) is 4.36. The van der Waals surface area contributed by atoms with Gasteiger partial charge in [-0.05, 0) is 62.6 Å². The van der Waals surface area contributed by atoms with Crippen molar-refractivity contribution >= 4 is 23.5 Å². The molecule has 7 heteroatoms. The van der Waals surface area contributed by atoms with E-state index in [-0.39, 0.29) is 24.0 Å². The molecule has 0 saturated heterocycles. The van der Waals surface area contributed by atoms with Crippen LogP contribution in [0.2, 0.25) is 0 Å². The first-order valence-corrected chi connectivity index (χ1v) is 9.83. The van der Waals surface area contributed by atoms with Gasteiger partial charge in [0.1, 0.15) is 5.82 Å². The quantitative estimate of drug-likeness (QED) is 0.802. The average molecular weight is 396 g/mol. The third-order valence-electron chi connectivity index (χ3n) is 5.46. The molecule has 1 aromatic carbocycles. The lowest BCUT2D eigenvalue weighted by molar-refractivity contribution is -0.117. The highest BCUT2D eigenvalue weighted by atomic mass is 16.4. The topological polar surface area (TPSA) is 85.8 Å². The second-order valence-corrected chi connectivity index (χ2v) is 7.73. The maximum Gasteiger partial charge on any atom is 0.408 e. The average Bonchev–Trinajstić information content (AvgIpc) is 2.67. The van der Waals surface area contributed by atoms with E-state index in [1.807, 2.05) is 58.2 Å². The molecule has 7 nitrogen and oxygen atoms in total. The SMILES string of the molecule is CNc1ccc(-c2ccc3c(c2)C(N(C(=O)O)C(C)C)CC(C)N3C(C)=O)cn1. The normalized spacial score (nSPS) is 18.3. The Morgan fingerprint density at radius 3 is 2.45 bits per heavy atom. The third-order valence-corrected chi connectivity index (χ3v) is 5.46. The summed E-state index contributed by atoms with van der Waals surface area (Å²) in [5.74, 6) is 0.731. The Labute approximate surface area is 171 Å². The van der Waals surface area contributed by atoms with Gasteiger partial charge < -0.3 is 15.3 Å². The van der Waals surface area contributed by atoms with Gasteiger partial charge >= 0.3 is 6.09 Å². The number of hydrogen-bond acceptors (Lipinski definition) is 4. The van der Waals surface area contributed by atoms with Crippen LogP contribution in [0.15, 0.2) is 36.5 Å². The van der Waals surface area contributed by atoms with Crippen LogP contribution in [0.25, 0.3) is 11.1 Å². The summed E-state index contributed by atoms with van der Waals surface area (Å²) in [7, 11) is 1.81. The van der Waals surface area contributed by atoms with Crippen molar-refractivity contribution in [2.45, 2.75) is 52.2 Å². The number of carbonyl (C=O) groups is 2. The number of carbonyl (C=O) groups excluding carboxylic acids is 1. The number of nitrogens with one attached hydrogen (secondary N) is 1. The summed E-state index contributed by atoms with van der Waals surface area (Å²) < 4.78 is 0. The first-order chi connectivity index (χ1) is 13.7. The molecule has 0 saturated carbocycles. The molecular formula is C22H28N4O3. The van der Waals surface area contributed by atoms with Crippen molar-refractivity contribution < 1.29 is 14.7 Å². The van der Waals surface area contributed by atoms with Gasteiger partial charge in [0.2, 0.25) is 5.91 Å². The van der Waals surface area contributed by atoms with E-state index in [0.29, 0.717) is 6.42 Å². The fourth-order valence-corrected chi connectivity index (χ4v) is 4.18. The van der Waals surface area contributed by atoms with Gasteiger partial charge in [0.25, 0.3) is 0 Å². The molecule has 0 radical (unpaired) electrons. The van der Waals surface area contributed by atoms with Crippen molar-refractivity contribution in [1.29, 1.82) is 0 Å². The van der Waals surface area contributed by atoms with Crippen molar-refractivity contribution in [2.24, 2.45) is 0 Å². The van der Waals surface area contributed by atoms with Gasteiger partial charge in [0.05, 0.1) is 6.04 Å². The summed E-state index contributed by atoms with van der Waals surface area (Å²) in [5, 5.41) is 12.9. The Bertz CT molecular complexity index is 911. The Morgan fingerprint density at radius 1 is 1.24 bits per heavy atom. The first-order valence-electron chi connectivity index (χ1n) is 9.83. The van der Waals surface area contributed by atoms with Crippen LogP contribution < -0.4 is 10.2 Å². The van der Waals surface area contributed by atoms with Gasteiger partial charge in [-0.3, -0.25) is 9.69 Å². The molecule has 1 aliphatic heterocycles. The highest BCUT2D eigenvalue weighted by molar-refractivity contribution is 5.94. The molecule has 2 heterocycles. The number of carboxylic acid groups (broad SMARTS) is 1. The van der Waals surface area contributed by atoms with Crippen LogP contribution in [0.5, 0.6) is 0 Å². The molecule has 1 aliphatic rings. The van der Waals surface area contributed by atoms with Crippen LogP contribution in [0.3, 0.4) is 0 Å². The van der Waals surface area contributed by atoms with E-state index in [4.69, 9.17) is 0 Å². The fourth-order valence-electron chi connectivity index (χ4n) is 4.18. The van der Waals surface area contributed by atoms with Crippen LogP contribution in [0.4, 0.5) is 16.3 Å². The zero-order valence-electron chi connectivity index (χ0n) is 17.5. The molecule has 29 heavy (non-hydrogen) atoms. The molecule has 0 aliphatic carbocycles. The molecule has 3 rings (SSSR count). The van der Waals surface area contributed by atoms with E-state index in [1.54, 1.807) is 18.0 Å². The van der Waals surface area contributed by atoms with E-state index in [9.17, 15) is 14.7 Å². The first kappa shape index (κ1) is 20.6. The van der Waals surface area contributed by atoms with Gasteiger partial charge in [0, 0.05) is 43.5 Å². The van der Waals surface area contributed by atoms with Crippen molar-refractivity contribution in [2.75, 3.05) is 17.3 Å². The second kappa shape index (κ2) is 8.11. The molecule has 154 valence electrons. The minimum absolute atomic E-state index is 0.0450. The largest absolute Gasteiger partial charge is 0.465 e. The molecule has 0 fully saturated rings. The van der Waals surface area contributed by atoms with E-state index < -0.39 is 6.09 Å². The Kier molecular flexibility index (Phi) is 5.77. The molecule has 2 unspecified atom stereocenters. The van der Waals surface area contributed by atoms with Crippen LogP contribution >= 0.6 is 0 Å². The lowest BCUT2D eigenvalue weighted by Crippen LogP contribution is -2.48. The van der Waals surface area contributed by atoms with Crippen molar-refractivity contribution in [3.05, 3.63) is 42.1 Å². The number of rotatable bonds is 4. The molecule has 2 atom stereocenters. The number of hydrogen-bond donors (Lipinski definition) is 2. The van der Waals surface area contributed by atoms with Gasteiger partial charge in [0.15, 0.2) is 0 Å². The molecule has 2 aromatic rings. The number of fused-ring (bicyclic) bond motifs is 1. The highest BCUT2D eigenvalue weighted by Gasteiger charge is 2.38. The fraction of sp³-hybridized carbons (Fsp3) is 0.409. The maximum absolute atomic E-state index is 12.3. The maximum atomic E-state index is 12.3. The van der Waals surface area contributed by atoms with Crippen LogP contribution in [0.1, 0.15) is 45.7 Å². The minimum Gasteiger partial charge on any atom is -0.465 e. The molecule has 1 aromatic heterocycles. The number of aromatic nitrogens is 1. The van der Waals surface area contributed by atoms with E-state index in [0.717, 1.165) is 28.2 Å². The zero-order valence-corrected chi connectivity index (χ0v) is 17.5. The molecular weight excluding hydrogens is 368 g/mol. The number of amides is 2. The molecule has 0 spiro atoms. The Morgan fingerprint density at radius 2 is 1.93 bits per heavy atom. The van der Waals surface area contributed by atoms with Crippen molar-refractivity contribution in [1.82, 2.24) is 9.88 Å². The number of anilines is 2. The third kappa shape index (κ3) is 3.90. The highest BCUT2D eigenvalue weighted by Crippen LogP contribution is 2.43. The van der Waals surface area contributed by atoms with E-state index in [2.05, 4.69) is 10.3 Å². The summed E-state index contributed by atoms with van der Waals surface area (Å²) in [6.07, 6.45) is 1.39. The van der Waals surface area contributed by atoms with Crippen molar-refractivity contribution in [3.63, 3.8) is 0 Å². The summed E-state index contributed by atoms with van der Waals surface area (Å²) in [6, 6.07) is 9.15. The lowest BCUT2D eigenvalue weighted by Gasteiger charge is -2.43. The van der Waals surface area contributed by atoms with Gasteiger partial charge in [-0.2, -0.15) is 0 Å². The van der Waals surface area contributed by atoms with Crippen LogP contribution in [0, 0.1) is 0 Å². The predicted molar refractivity (Wildman–Crippen MR) is 114 cm³/mol. The van der Waals surface area contributed by atoms with Gasteiger partial charge in [-0.1, -0.05) is 6.07 Å². The van der Waals surface area contributed by atoms with Gasteiger partial charge in [-0.15, -0.1) is 0 Å². The standard InChI is InChI=1S/C22H28N4O3/c1-13(2)25(22(28)29)20-10-14(3)26(15(4)27)19-8-6-16(11-18(19)20)17-7-9-21(23-5)24-12-17/h6-9,11-14,20H,10H2,1-5H3,(H,23,24)(H,28,29). The number of pyridine rings is 1. The number of nitrogens with zero attached hydrogens (tertiary/aromatic N) is 3. The smallest absolute Gasteiger partial charge is 0.408 e. The zero-order chi connectivity index (χ0) is 21.3. The molecule has 0 bridgehead atoms. The van der Waals surface area contributed by atoms with Crippen molar-refractivity contribution in [3.8, 4) is 11.1 Å². The van der Waals surface area contributed by atoms with Crippen LogP contribution in [-0.4, -0.2) is 46.1 Å². The lowest BCUT2D eigenvalue weighted by atomic mass is 9.88. The monoisotopic (exact) mass is 396 g/mol. The Hall–Kier alpha value is -3.09. The van der Waals surface area contributed by atoms with E-state index >= 15 is 0 Å². The van der Waals surface area contributed by atoms with Crippen LogP contribution in [-0.2, 0) is 4.79 Å². The van der Waals surface area contributed by atoms with E-state index in [1.165, 1.54) is 4.90 Å². The summed E-state index contributed by atoms with van der Waals surface area (Å²) in [4.78, 5) is 32.0. The number of benzene rings is 1.